The Balaban J connectivity index is 0.00000288. The summed E-state index contributed by atoms with van der Waals surface area (Å²) in [4.78, 5) is 12.1. The Morgan fingerprint density at radius 2 is 2.04 bits per heavy atom. The van der Waals surface area contributed by atoms with Crippen LogP contribution in [0.2, 0.25) is 0 Å². The molecule has 0 saturated carbocycles. The van der Waals surface area contributed by atoms with Crippen LogP contribution >= 0.6 is 12.4 Å². The fourth-order valence-electron chi connectivity index (χ4n) is 2.00. The van der Waals surface area contributed by atoms with Crippen LogP contribution in [0.25, 0.3) is 0 Å². The lowest BCUT2D eigenvalue weighted by Gasteiger charge is -2.08. The molecule has 0 radical (unpaired) electrons. The minimum atomic E-state index is -0.233. The Hall–Kier alpha value is -1.86. The number of rotatable bonds is 9. The summed E-state index contributed by atoms with van der Waals surface area (Å²) in [7, 11) is 0. The van der Waals surface area contributed by atoms with E-state index in [2.05, 4.69) is 5.32 Å². The van der Waals surface area contributed by atoms with E-state index in [-0.39, 0.29) is 24.9 Å². The van der Waals surface area contributed by atoms with Crippen LogP contribution in [0.15, 0.2) is 41.0 Å². The number of halogens is 1. The van der Waals surface area contributed by atoms with Crippen molar-refractivity contribution in [1.29, 1.82) is 0 Å². The number of hydrogen-bond acceptors (Lipinski definition) is 5. The molecule has 0 unspecified atom stereocenters. The number of anilines is 1. The Labute approximate surface area is 147 Å². The average Bonchev–Trinajstić information content (AvgIpc) is 3.04. The predicted octanol–water partition coefficient (Wildman–Crippen LogP) is 2.97. The van der Waals surface area contributed by atoms with Crippen LogP contribution in [-0.4, -0.2) is 25.7 Å². The van der Waals surface area contributed by atoms with Gasteiger partial charge in [0, 0.05) is 12.3 Å². The molecule has 1 aromatic heterocycles. The van der Waals surface area contributed by atoms with Crippen molar-refractivity contribution in [2.75, 3.05) is 25.1 Å². The first-order valence-electron chi connectivity index (χ1n) is 7.56. The van der Waals surface area contributed by atoms with Gasteiger partial charge in [0.1, 0.15) is 12.0 Å². The number of carbonyl (C=O) groups excluding carboxylic acids is 1. The third kappa shape index (κ3) is 6.33. The zero-order chi connectivity index (χ0) is 16.5. The van der Waals surface area contributed by atoms with Crippen molar-refractivity contribution in [2.24, 2.45) is 5.73 Å². The van der Waals surface area contributed by atoms with Gasteiger partial charge in [-0.05, 0) is 30.7 Å². The molecule has 3 N–H and O–H groups in total. The number of furan rings is 1. The monoisotopic (exact) mass is 354 g/mol. The fraction of sp³-hybridized carbons (Fsp3) is 0.353. The zero-order valence-electron chi connectivity index (χ0n) is 13.6. The van der Waals surface area contributed by atoms with Crippen LogP contribution in [0.5, 0.6) is 0 Å². The van der Waals surface area contributed by atoms with Gasteiger partial charge in [0.15, 0.2) is 0 Å². The third-order valence-corrected chi connectivity index (χ3v) is 3.15. The van der Waals surface area contributed by atoms with Crippen LogP contribution in [0.3, 0.4) is 0 Å². The van der Waals surface area contributed by atoms with Gasteiger partial charge in [0.25, 0.3) is 5.91 Å². The molecule has 0 aliphatic heterocycles. The molecule has 6 nitrogen and oxygen atoms in total. The number of nitrogens with one attached hydrogen (secondary N) is 1. The lowest BCUT2D eigenvalue weighted by atomic mass is 10.2. The molecule has 2 rings (SSSR count). The number of benzene rings is 1. The quantitative estimate of drug-likeness (QED) is 0.676. The molecule has 0 fully saturated rings. The molecule has 0 aliphatic carbocycles. The molecule has 0 bridgehead atoms. The molecule has 0 saturated heterocycles. The number of hydrogen-bond donors (Lipinski definition) is 2. The summed E-state index contributed by atoms with van der Waals surface area (Å²) in [6.07, 6.45) is 1.40. The normalized spacial score (nSPS) is 10.2. The van der Waals surface area contributed by atoms with Gasteiger partial charge in [-0.25, -0.2) is 0 Å². The van der Waals surface area contributed by atoms with E-state index in [1.807, 2.05) is 31.2 Å². The maximum absolute atomic E-state index is 12.1. The maximum atomic E-state index is 12.1. The maximum Gasteiger partial charge on any atom is 0.258 e. The van der Waals surface area contributed by atoms with Gasteiger partial charge in [-0.1, -0.05) is 12.1 Å². The van der Waals surface area contributed by atoms with E-state index in [0.717, 1.165) is 5.56 Å². The van der Waals surface area contributed by atoms with E-state index in [1.54, 1.807) is 6.07 Å². The topological polar surface area (TPSA) is 86.7 Å². The number of ether oxygens (including phenoxy) is 2. The standard InChI is InChI=1S/C17H22N2O4.ClH/c1-2-21-6-7-22-11-13-4-3-5-15(8-13)19-17(20)14-9-16(10-18)23-12-14;/h3-5,8-9,12H,2,6-7,10-11,18H2,1H3,(H,19,20);1H. The van der Waals surface area contributed by atoms with Crippen molar-refractivity contribution in [3.8, 4) is 0 Å². The van der Waals surface area contributed by atoms with Crippen molar-refractivity contribution in [3.05, 3.63) is 53.5 Å². The number of amides is 1. The highest BCUT2D eigenvalue weighted by Crippen LogP contribution is 2.14. The van der Waals surface area contributed by atoms with Crippen LogP contribution in [0.4, 0.5) is 5.69 Å². The first-order chi connectivity index (χ1) is 11.2. The van der Waals surface area contributed by atoms with Gasteiger partial charge in [0.05, 0.1) is 31.9 Å². The summed E-state index contributed by atoms with van der Waals surface area (Å²) in [5.41, 5.74) is 7.60. The van der Waals surface area contributed by atoms with Crippen molar-refractivity contribution >= 4 is 24.0 Å². The van der Waals surface area contributed by atoms with Crippen molar-refractivity contribution in [3.63, 3.8) is 0 Å². The Bertz CT molecular complexity index is 631. The molecule has 2 aromatic rings. The minimum Gasteiger partial charge on any atom is -0.467 e. The lowest BCUT2D eigenvalue weighted by Crippen LogP contribution is -2.11. The highest BCUT2D eigenvalue weighted by atomic mass is 35.5. The molecular weight excluding hydrogens is 332 g/mol. The predicted molar refractivity (Wildman–Crippen MR) is 94.4 cm³/mol. The van der Waals surface area contributed by atoms with Gasteiger partial charge in [-0.3, -0.25) is 4.79 Å². The van der Waals surface area contributed by atoms with Crippen LogP contribution in [-0.2, 0) is 22.6 Å². The zero-order valence-corrected chi connectivity index (χ0v) is 14.4. The van der Waals surface area contributed by atoms with Gasteiger partial charge < -0.3 is 24.9 Å². The summed E-state index contributed by atoms with van der Waals surface area (Å²) in [6, 6.07) is 9.16. The Morgan fingerprint density at radius 1 is 1.25 bits per heavy atom. The van der Waals surface area contributed by atoms with E-state index in [4.69, 9.17) is 19.6 Å². The lowest BCUT2D eigenvalue weighted by molar-refractivity contribution is 0.0453. The van der Waals surface area contributed by atoms with Crippen molar-refractivity contribution in [2.45, 2.75) is 20.1 Å². The smallest absolute Gasteiger partial charge is 0.258 e. The SMILES string of the molecule is CCOCCOCc1cccc(NC(=O)c2coc(CN)c2)c1.Cl. The van der Waals surface area contributed by atoms with Crippen molar-refractivity contribution < 1.29 is 18.7 Å². The number of nitrogens with two attached hydrogens (primary N) is 1. The summed E-state index contributed by atoms with van der Waals surface area (Å²) in [5.74, 6) is 0.342. The Morgan fingerprint density at radius 3 is 2.75 bits per heavy atom. The third-order valence-electron chi connectivity index (χ3n) is 3.15. The fourth-order valence-corrected chi connectivity index (χ4v) is 2.00. The molecule has 0 aliphatic rings. The summed E-state index contributed by atoms with van der Waals surface area (Å²) in [6.45, 7) is 4.49. The number of carbonyl (C=O) groups is 1. The van der Waals surface area contributed by atoms with Gasteiger partial charge >= 0.3 is 0 Å². The van der Waals surface area contributed by atoms with E-state index < -0.39 is 0 Å². The van der Waals surface area contributed by atoms with Gasteiger partial charge in [0.2, 0.25) is 0 Å². The highest BCUT2D eigenvalue weighted by Gasteiger charge is 2.10. The highest BCUT2D eigenvalue weighted by molar-refractivity contribution is 6.04. The van der Waals surface area contributed by atoms with Gasteiger partial charge in [-0.2, -0.15) is 0 Å². The first kappa shape index (κ1) is 20.2. The van der Waals surface area contributed by atoms with E-state index in [9.17, 15) is 4.79 Å². The Kier molecular flexibility index (Phi) is 9.11. The summed E-state index contributed by atoms with van der Waals surface area (Å²) < 4.78 is 15.9. The second-order valence-electron chi connectivity index (χ2n) is 4.91. The molecule has 1 amide bonds. The van der Waals surface area contributed by atoms with Crippen LogP contribution in [0, 0.1) is 0 Å². The molecular formula is C17H23ClN2O4. The molecule has 1 aromatic carbocycles. The average molecular weight is 355 g/mol. The second-order valence-corrected chi connectivity index (χ2v) is 4.91. The molecule has 0 spiro atoms. The van der Waals surface area contributed by atoms with Crippen molar-refractivity contribution in [1.82, 2.24) is 0 Å². The molecule has 7 heteroatoms. The first-order valence-corrected chi connectivity index (χ1v) is 7.56. The van der Waals surface area contributed by atoms with Crippen LogP contribution < -0.4 is 11.1 Å². The van der Waals surface area contributed by atoms with E-state index in [1.165, 1.54) is 6.26 Å². The molecule has 132 valence electrons. The molecule has 24 heavy (non-hydrogen) atoms. The summed E-state index contributed by atoms with van der Waals surface area (Å²) >= 11 is 0. The molecule has 0 atom stereocenters. The van der Waals surface area contributed by atoms with Gasteiger partial charge in [-0.15, -0.1) is 12.4 Å². The second kappa shape index (κ2) is 10.8. The largest absolute Gasteiger partial charge is 0.467 e. The van der Waals surface area contributed by atoms with E-state index in [0.29, 0.717) is 43.4 Å². The molecule has 1 heterocycles. The van der Waals surface area contributed by atoms with E-state index >= 15 is 0 Å². The van der Waals surface area contributed by atoms with Crippen LogP contribution in [0.1, 0.15) is 28.6 Å². The minimum absolute atomic E-state index is 0. The summed E-state index contributed by atoms with van der Waals surface area (Å²) in [5, 5.41) is 2.83.